The van der Waals surface area contributed by atoms with Gasteiger partial charge in [0.2, 0.25) is 0 Å². The van der Waals surface area contributed by atoms with E-state index in [-0.39, 0.29) is 12.6 Å². The average molecular weight is 218 g/mol. The summed E-state index contributed by atoms with van der Waals surface area (Å²) in [5.41, 5.74) is -0.159. The molecular weight excluding hydrogens is 200 g/mol. The van der Waals surface area contributed by atoms with Gasteiger partial charge in [-0.05, 0) is 6.92 Å². The fourth-order valence-electron chi connectivity index (χ4n) is 0.740. The zero-order valence-corrected chi connectivity index (χ0v) is 11.3. The van der Waals surface area contributed by atoms with E-state index in [0.717, 1.165) is 10.2 Å². The van der Waals surface area contributed by atoms with Crippen molar-refractivity contribution in [3.8, 4) is 0 Å². The fraction of sp³-hybridized carbons (Fsp3) is 0.667. The Morgan fingerprint density at radius 3 is 2.29 bits per heavy atom. The molecule has 0 N–H and O–H groups in total. The normalized spacial score (nSPS) is 11.4. The first-order valence-corrected chi connectivity index (χ1v) is 5.38. The minimum absolute atomic E-state index is 0.289. The van der Waals surface area contributed by atoms with Crippen LogP contribution in [0.3, 0.4) is 0 Å². The predicted octanol–water partition coefficient (Wildman–Crippen LogP) is -0.192. The summed E-state index contributed by atoms with van der Waals surface area (Å²) in [4.78, 5) is 11.0. The van der Waals surface area contributed by atoms with Gasteiger partial charge in [-0.2, -0.15) is 0 Å². The van der Waals surface area contributed by atoms with Gasteiger partial charge in [-0.1, -0.05) is 6.58 Å². The van der Waals surface area contributed by atoms with Gasteiger partial charge in [0.1, 0.15) is 5.41 Å². The maximum atomic E-state index is 11.0. The Morgan fingerprint density at radius 2 is 1.93 bits per heavy atom. The highest BCUT2D eigenvalue weighted by Crippen LogP contribution is 2.11. The Bertz CT molecular complexity index is 211. The molecule has 0 unspecified atom stereocenters. The molecule has 0 aliphatic rings. The number of methoxy groups -OCH3 is 2. The molecule has 0 spiro atoms. The molecule has 0 aliphatic heterocycles. The standard InChI is InChI=1S/C9H18O4Si/c1-7(2)8(10)13-6-5-9(14,11-3)12-4/h1,5-6H2,2-4,14H3. The van der Waals surface area contributed by atoms with Crippen LogP contribution >= 0.6 is 0 Å². The van der Waals surface area contributed by atoms with Crippen molar-refractivity contribution >= 4 is 16.2 Å². The van der Waals surface area contributed by atoms with Crippen molar-refractivity contribution in [3.05, 3.63) is 12.2 Å². The Hall–Kier alpha value is -0.653. The van der Waals surface area contributed by atoms with Gasteiger partial charge in [-0.25, -0.2) is 4.79 Å². The number of ether oxygens (including phenoxy) is 3. The fourth-order valence-corrected chi connectivity index (χ4v) is 0.944. The van der Waals surface area contributed by atoms with E-state index < -0.39 is 5.41 Å². The summed E-state index contributed by atoms with van der Waals surface area (Å²) in [5, 5.41) is 0. The molecule has 0 aromatic carbocycles. The second kappa shape index (κ2) is 5.95. The molecule has 0 bridgehead atoms. The molecule has 0 saturated carbocycles. The van der Waals surface area contributed by atoms with Crippen molar-refractivity contribution < 1.29 is 19.0 Å². The third-order valence-corrected chi connectivity index (χ3v) is 3.32. The first kappa shape index (κ1) is 13.3. The molecule has 0 aliphatic carbocycles. The second-order valence-electron chi connectivity index (χ2n) is 3.21. The third-order valence-electron chi connectivity index (χ3n) is 2.00. The minimum atomic E-state index is -0.560. The summed E-state index contributed by atoms with van der Waals surface area (Å²) in [6.45, 7) is 5.38. The van der Waals surface area contributed by atoms with Crippen LogP contribution in [0.25, 0.3) is 0 Å². The number of esters is 1. The first-order valence-electron chi connectivity index (χ1n) is 4.38. The predicted molar refractivity (Wildman–Crippen MR) is 57.1 cm³/mol. The molecule has 0 saturated heterocycles. The van der Waals surface area contributed by atoms with Gasteiger partial charge in [0.25, 0.3) is 0 Å². The van der Waals surface area contributed by atoms with Crippen LogP contribution in [0, 0.1) is 0 Å². The number of carbonyl (C=O) groups excluding carboxylic acids is 1. The van der Waals surface area contributed by atoms with Gasteiger partial charge in [-0.15, -0.1) is 0 Å². The van der Waals surface area contributed by atoms with Crippen LogP contribution < -0.4 is 0 Å². The van der Waals surface area contributed by atoms with Crippen LogP contribution in [0.15, 0.2) is 12.2 Å². The topological polar surface area (TPSA) is 44.8 Å². The molecule has 0 aromatic heterocycles. The maximum Gasteiger partial charge on any atom is 0.333 e. The highest BCUT2D eigenvalue weighted by molar-refractivity contribution is 6.13. The summed E-state index contributed by atoms with van der Waals surface area (Å²) in [6, 6.07) is 0. The van der Waals surface area contributed by atoms with E-state index in [4.69, 9.17) is 14.2 Å². The summed E-state index contributed by atoms with van der Waals surface area (Å²) in [7, 11) is 3.88. The van der Waals surface area contributed by atoms with Gasteiger partial charge >= 0.3 is 5.97 Å². The van der Waals surface area contributed by atoms with E-state index in [1.807, 2.05) is 0 Å². The third kappa shape index (κ3) is 4.55. The Morgan fingerprint density at radius 1 is 1.43 bits per heavy atom. The largest absolute Gasteiger partial charge is 0.462 e. The maximum absolute atomic E-state index is 11.0. The number of carbonyl (C=O) groups is 1. The van der Waals surface area contributed by atoms with Crippen molar-refractivity contribution in [1.82, 2.24) is 0 Å². The minimum Gasteiger partial charge on any atom is -0.462 e. The van der Waals surface area contributed by atoms with Crippen LogP contribution in [-0.2, 0) is 19.0 Å². The van der Waals surface area contributed by atoms with Crippen molar-refractivity contribution in [2.24, 2.45) is 0 Å². The summed E-state index contributed by atoms with van der Waals surface area (Å²) in [5.74, 6) is -0.374. The monoisotopic (exact) mass is 218 g/mol. The molecule has 0 radical (unpaired) electrons. The van der Waals surface area contributed by atoms with Crippen LogP contribution in [0.4, 0.5) is 0 Å². The van der Waals surface area contributed by atoms with Crippen molar-refractivity contribution in [2.45, 2.75) is 18.8 Å². The van der Waals surface area contributed by atoms with Gasteiger partial charge in [0, 0.05) is 26.2 Å². The molecule has 0 heterocycles. The molecule has 82 valence electrons. The lowest BCUT2D eigenvalue weighted by Crippen LogP contribution is -2.35. The van der Waals surface area contributed by atoms with Crippen LogP contribution in [-0.4, -0.2) is 42.4 Å². The van der Waals surface area contributed by atoms with Crippen molar-refractivity contribution in [2.75, 3.05) is 20.8 Å². The van der Waals surface area contributed by atoms with E-state index >= 15 is 0 Å². The van der Waals surface area contributed by atoms with Crippen molar-refractivity contribution in [1.29, 1.82) is 0 Å². The van der Waals surface area contributed by atoms with E-state index in [1.165, 1.54) is 0 Å². The second-order valence-corrected chi connectivity index (χ2v) is 4.73. The number of hydrogen-bond donors (Lipinski definition) is 0. The molecule has 0 amide bonds. The SMILES string of the molecule is C=C(C)C(=O)OCCC([SiH3])(OC)OC. The Kier molecular flexibility index (Phi) is 5.67. The summed E-state index contributed by atoms with van der Waals surface area (Å²) in [6.07, 6.45) is 0.547. The van der Waals surface area contributed by atoms with E-state index in [0.29, 0.717) is 12.0 Å². The molecule has 0 atom stereocenters. The highest BCUT2D eigenvalue weighted by atomic mass is 28.1. The lowest BCUT2D eigenvalue weighted by molar-refractivity contribution is -0.160. The Balaban J connectivity index is 3.83. The van der Waals surface area contributed by atoms with Gasteiger partial charge < -0.3 is 14.2 Å². The van der Waals surface area contributed by atoms with Crippen molar-refractivity contribution in [3.63, 3.8) is 0 Å². The molecule has 4 nitrogen and oxygen atoms in total. The van der Waals surface area contributed by atoms with E-state index in [2.05, 4.69) is 6.58 Å². The van der Waals surface area contributed by atoms with E-state index in [9.17, 15) is 4.79 Å². The van der Waals surface area contributed by atoms with E-state index in [1.54, 1.807) is 21.1 Å². The zero-order valence-electron chi connectivity index (χ0n) is 9.25. The van der Waals surface area contributed by atoms with Crippen LogP contribution in [0.5, 0.6) is 0 Å². The van der Waals surface area contributed by atoms with Gasteiger partial charge in [-0.3, -0.25) is 0 Å². The first-order chi connectivity index (χ1) is 6.45. The smallest absolute Gasteiger partial charge is 0.333 e. The number of rotatable bonds is 6. The molecule has 14 heavy (non-hydrogen) atoms. The quantitative estimate of drug-likeness (QED) is 0.268. The zero-order chi connectivity index (χ0) is 11.2. The van der Waals surface area contributed by atoms with Gasteiger partial charge in [0.05, 0.1) is 16.8 Å². The lowest BCUT2D eigenvalue weighted by Gasteiger charge is -2.26. The Labute approximate surface area is 87.6 Å². The highest BCUT2D eigenvalue weighted by Gasteiger charge is 2.22. The number of hydrogen-bond acceptors (Lipinski definition) is 4. The molecular formula is C9H18O4Si. The average Bonchev–Trinajstić information content (AvgIpc) is 2.17. The van der Waals surface area contributed by atoms with Gasteiger partial charge in [0.15, 0.2) is 0 Å². The summed E-state index contributed by atoms with van der Waals surface area (Å²) >= 11 is 0. The van der Waals surface area contributed by atoms with Crippen LogP contribution in [0.2, 0.25) is 0 Å². The molecule has 0 fully saturated rings. The van der Waals surface area contributed by atoms with Crippen LogP contribution in [0.1, 0.15) is 13.3 Å². The lowest BCUT2D eigenvalue weighted by atomic mass is 10.3. The summed E-state index contributed by atoms with van der Waals surface area (Å²) < 4.78 is 15.2. The molecule has 0 aromatic rings. The molecule has 5 heteroatoms. The molecule has 0 rings (SSSR count).